The number of methoxy groups -OCH3 is 1. The van der Waals surface area contributed by atoms with Gasteiger partial charge < -0.3 is 4.74 Å². The van der Waals surface area contributed by atoms with E-state index in [1.165, 1.54) is 16.8 Å². The fourth-order valence-corrected chi connectivity index (χ4v) is 4.77. The van der Waals surface area contributed by atoms with Crippen molar-refractivity contribution in [2.24, 2.45) is 0 Å². The van der Waals surface area contributed by atoms with Gasteiger partial charge in [-0.05, 0) is 60.9 Å². The Balaban J connectivity index is 1.78. The lowest BCUT2D eigenvalue weighted by atomic mass is 10.0. The minimum Gasteiger partial charge on any atom is -0.496 e. The highest BCUT2D eigenvalue weighted by Gasteiger charge is 2.24. The van der Waals surface area contributed by atoms with Crippen molar-refractivity contribution >= 4 is 15.9 Å². The summed E-state index contributed by atoms with van der Waals surface area (Å²) in [5.74, 6) is -0.160. The number of benzene rings is 3. The van der Waals surface area contributed by atoms with Crippen molar-refractivity contribution in [1.29, 1.82) is 0 Å². The van der Waals surface area contributed by atoms with E-state index < -0.39 is 15.9 Å². The number of carbonyl (C=O) groups is 1. The van der Waals surface area contributed by atoms with Gasteiger partial charge >= 0.3 is 0 Å². The number of ether oxygens (including phenoxy) is 1. The van der Waals surface area contributed by atoms with E-state index in [2.05, 4.69) is 9.82 Å². The zero-order valence-corrected chi connectivity index (χ0v) is 20.0. The van der Waals surface area contributed by atoms with E-state index in [9.17, 15) is 13.2 Å². The monoisotopic (exact) mass is 475 g/mol. The quantitative estimate of drug-likeness (QED) is 0.429. The summed E-state index contributed by atoms with van der Waals surface area (Å²) < 4.78 is 34.8. The van der Waals surface area contributed by atoms with Crippen molar-refractivity contribution in [1.82, 2.24) is 14.5 Å². The Hall–Kier alpha value is -3.91. The average Bonchev–Trinajstić information content (AvgIpc) is 3.26. The molecule has 0 radical (unpaired) electrons. The fraction of sp³-hybridized carbons (Fsp3) is 0.154. The number of carbonyl (C=O) groups excluding carboxylic acids is 1. The number of hydrogen-bond donors (Lipinski definition) is 1. The molecule has 0 bridgehead atoms. The number of aromatic nitrogens is 2. The summed E-state index contributed by atoms with van der Waals surface area (Å²) >= 11 is 0. The summed E-state index contributed by atoms with van der Waals surface area (Å²) in [5, 5.41) is 4.67. The molecule has 34 heavy (non-hydrogen) atoms. The largest absolute Gasteiger partial charge is 0.496 e. The highest BCUT2D eigenvalue weighted by Crippen LogP contribution is 2.30. The maximum absolute atomic E-state index is 13.2. The van der Waals surface area contributed by atoms with Crippen LogP contribution >= 0.6 is 0 Å². The third kappa shape index (κ3) is 4.72. The zero-order chi connectivity index (χ0) is 24.3. The Bertz CT molecular complexity index is 1420. The molecule has 0 fully saturated rings. The van der Waals surface area contributed by atoms with Crippen LogP contribution in [0.4, 0.5) is 0 Å². The van der Waals surface area contributed by atoms with Crippen LogP contribution in [0.15, 0.2) is 83.8 Å². The molecule has 1 aromatic heterocycles. The van der Waals surface area contributed by atoms with Crippen LogP contribution in [0, 0.1) is 13.8 Å². The molecule has 1 amide bonds. The maximum atomic E-state index is 13.2. The molecule has 174 valence electrons. The molecule has 7 nitrogen and oxygen atoms in total. The topological polar surface area (TPSA) is 90.3 Å². The Labute approximate surface area is 199 Å². The van der Waals surface area contributed by atoms with Gasteiger partial charge in [-0.3, -0.25) is 9.48 Å². The van der Waals surface area contributed by atoms with Crippen LogP contribution in [0.25, 0.3) is 11.3 Å². The first-order chi connectivity index (χ1) is 16.3. The summed E-state index contributed by atoms with van der Waals surface area (Å²) in [6.45, 7) is 4.29. The van der Waals surface area contributed by atoms with Gasteiger partial charge in [-0.2, -0.15) is 5.10 Å². The standard InChI is InChI=1S/C26H25N3O4S/c1-18-10-9-11-19(2)22(18)17-29-24(16-23(27-29)21-14-7-8-15-25(21)33-3)26(30)28-34(31,32)20-12-5-4-6-13-20/h4-16H,17H2,1-3H3,(H,28,30). The number of rotatable bonds is 7. The molecule has 3 aromatic carbocycles. The lowest BCUT2D eigenvalue weighted by Crippen LogP contribution is -2.32. The van der Waals surface area contributed by atoms with Gasteiger partial charge in [0.1, 0.15) is 11.4 Å². The molecule has 0 saturated heterocycles. The number of nitrogens with one attached hydrogen (secondary N) is 1. The highest BCUT2D eigenvalue weighted by atomic mass is 32.2. The minimum atomic E-state index is -4.05. The Morgan fingerprint density at radius 3 is 2.26 bits per heavy atom. The van der Waals surface area contributed by atoms with E-state index in [1.54, 1.807) is 37.4 Å². The number of sulfonamides is 1. The number of aryl methyl sites for hydroxylation is 2. The molecule has 0 aliphatic carbocycles. The number of nitrogens with zero attached hydrogens (tertiary/aromatic N) is 2. The molecule has 0 unspecified atom stereocenters. The summed E-state index contributed by atoms with van der Waals surface area (Å²) in [6.07, 6.45) is 0. The van der Waals surface area contributed by atoms with Gasteiger partial charge in [-0.25, -0.2) is 13.1 Å². The molecule has 0 spiro atoms. The molecule has 0 atom stereocenters. The highest BCUT2D eigenvalue weighted by molar-refractivity contribution is 7.90. The van der Waals surface area contributed by atoms with Crippen LogP contribution in [0.5, 0.6) is 5.75 Å². The smallest absolute Gasteiger partial charge is 0.283 e. The average molecular weight is 476 g/mol. The van der Waals surface area contributed by atoms with Crippen molar-refractivity contribution in [2.45, 2.75) is 25.3 Å². The first kappa shape index (κ1) is 23.3. The molecule has 4 rings (SSSR count). The summed E-state index contributed by atoms with van der Waals surface area (Å²) in [6, 6.07) is 22.7. The fourth-order valence-electron chi connectivity index (χ4n) is 3.79. The molecular weight excluding hydrogens is 450 g/mol. The SMILES string of the molecule is COc1ccccc1-c1cc(C(=O)NS(=O)(=O)c2ccccc2)n(Cc2c(C)cccc2C)n1. The van der Waals surface area contributed by atoms with Gasteiger partial charge in [0.05, 0.1) is 24.2 Å². The molecule has 0 saturated carbocycles. The molecular formula is C26H25N3O4S. The number of hydrogen-bond acceptors (Lipinski definition) is 5. The van der Waals surface area contributed by atoms with Crippen LogP contribution in [0.2, 0.25) is 0 Å². The molecule has 1 heterocycles. The van der Waals surface area contributed by atoms with Gasteiger partial charge in [0.2, 0.25) is 0 Å². The van der Waals surface area contributed by atoms with Crippen LogP contribution in [0.3, 0.4) is 0 Å². The predicted octanol–water partition coefficient (Wildman–Crippen LogP) is 4.34. The number of para-hydroxylation sites is 1. The van der Waals surface area contributed by atoms with E-state index >= 15 is 0 Å². The predicted molar refractivity (Wildman–Crippen MR) is 130 cm³/mol. The molecule has 1 N–H and O–H groups in total. The second kappa shape index (κ2) is 9.52. The van der Waals surface area contributed by atoms with Crippen molar-refractivity contribution in [3.63, 3.8) is 0 Å². The summed E-state index contributed by atoms with van der Waals surface area (Å²) in [4.78, 5) is 13.2. The van der Waals surface area contributed by atoms with Gasteiger partial charge in [0.15, 0.2) is 0 Å². The molecule has 0 aliphatic heterocycles. The Kier molecular flexibility index (Phi) is 6.51. The first-order valence-electron chi connectivity index (χ1n) is 10.7. The van der Waals surface area contributed by atoms with Crippen LogP contribution < -0.4 is 9.46 Å². The van der Waals surface area contributed by atoms with E-state index in [-0.39, 0.29) is 10.6 Å². The van der Waals surface area contributed by atoms with Crippen molar-refractivity contribution < 1.29 is 17.9 Å². The van der Waals surface area contributed by atoms with Crippen LogP contribution in [-0.4, -0.2) is 31.2 Å². The van der Waals surface area contributed by atoms with E-state index in [4.69, 9.17) is 4.74 Å². The third-order valence-corrected chi connectivity index (χ3v) is 6.98. The molecule has 8 heteroatoms. The van der Waals surface area contributed by atoms with Crippen LogP contribution in [0.1, 0.15) is 27.2 Å². The van der Waals surface area contributed by atoms with E-state index in [1.807, 2.05) is 50.2 Å². The summed E-state index contributed by atoms with van der Waals surface area (Å²) in [7, 11) is -2.49. The van der Waals surface area contributed by atoms with Crippen molar-refractivity contribution in [3.8, 4) is 17.0 Å². The van der Waals surface area contributed by atoms with Gasteiger partial charge in [0, 0.05) is 5.56 Å². The second-order valence-electron chi connectivity index (χ2n) is 7.89. The third-order valence-electron chi connectivity index (χ3n) is 5.63. The van der Waals surface area contributed by atoms with E-state index in [0.717, 1.165) is 16.7 Å². The normalized spacial score (nSPS) is 11.3. The molecule has 0 aliphatic rings. The Morgan fingerprint density at radius 1 is 0.941 bits per heavy atom. The van der Waals surface area contributed by atoms with E-state index in [0.29, 0.717) is 23.6 Å². The van der Waals surface area contributed by atoms with Gasteiger partial charge in [0.25, 0.3) is 15.9 Å². The summed E-state index contributed by atoms with van der Waals surface area (Å²) in [5.41, 5.74) is 4.45. The lowest BCUT2D eigenvalue weighted by molar-refractivity contribution is 0.0971. The Morgan fingerprint density at radius 2 is 1.59 bits per heavy atom. The second-order valence-corrected chi connectivity index (χ2v) is 9.57. The number of amides is 1. The first-order valence-corrected chi connectivity index (χ1v) is 12.2. The lowest BCUT2D eigenvalue weighted by Gasteiger charge is -2.13. The van der Waals surface area contributed by atoms with Crippen molar-refractivity contribution in [2.75, 3.05) is 7.11 Å². The van der Waals surface area contributed by atoms with Gasteiger partial charge in [-0.1, -0.05) is 48.5 Å². The van der Waals surface area contributed by atoms with Gasteiger partial charge in [-0.15, -0.1) is 0 Å². The van der Waals surface area contributed by atoms with Crippen molar-refractivity contribution in [3.05, 3.63) is 101 Å². The zero-order valence-electron chi connectivity index (χ0n) is 19.1. The van der Waals surface area contributed by atoms with Crippen LogP contribution in [-0.2, 0) is 16.6 Å². The molecule has 4 aromatic rings. The minimum absolute atomic E-state index is 0.00844. The maximum Gasteiger partial charge on any atom is 0.283 e.